The molecule has 0 radical (unpaired) electrons. The van der Waals surface area contributed by atoms with Crippen molar-refractivity contribution in [3.63, 3.8) is 0 Å². The van der Waals surface area contributed by atoms with Crippen LogP contribution in [0.1, 0.15) is 6.92 Å². The Kier molecular flexibility index (Phi) is 4.69. The summed E-state index contributed by atoms with van der Waals surface area (Å²) in [6.07, 6.45) is 1.04. The van der Waals surface area contributed by atoms with Gasteiger partial charge in [0.2, 0.25) is 0 Å². The van der Waals surface area contributed by atoms with Gasteiger partial charge >= 0.3 is 0 Å². The van der Waals surface area contributed by atoms with E-state index in [2.05, 4.69) is 3.17 Å². The second kappa shape index (κ2) is 4.72. The summed E-state index contributed by atoms with van der Waals surface area (Å²) < 4.78 is 4.18. The van der Waals surface area contributed by atoms with Crippen LogP contribution in [0.5, 0.6) is 0 Å². The molecule has 0 fully saturated rings. The van der Waals surface area contributed by atoms with Crippen LogP contribution in [0.15, 0.2) is 11.9 Å². The van der Waals surface area contributed by atoms with E-state index < -0.39 is 0 Å². The number of nitrogens with zero attached hydrogens (tertiary/aromatic N) is 2. The summed E-state index contributed by atoms with van der Waals surface area (Å²) in [6, 6.07) is 0. The van der Waals surface area contributed by atoms with Crippen molar-refractivity contribution in [2.75, 3.05) is 7.05 Å². The van der Waals surface area contributed by atoms with Crippen LogP contribution in [0.25, 0.3) is 0 Å². The zero-order valence-corrected chi connectivity index (χ0v) is 7.73. The molecule has 0 spiro atoms. The van der Waals surface area contributed by atoms with Crippen LogP contribution in [0, 0.1) is 10.4 Å². The van der Waals surface area contributed by atoms with Gasteiger partial charge in [-0.05, 0) is 14.0 Å². The highest BCUT2D eigenvalue weighted by molar-refractivity contribution is 14.1. The normalized spacial score (nSPS) is 11.5. The summed E-state index contributed by atoms with van der Waals surface area (Å²) in [5.41, 5.74) is 0.284. The summed E-state index contributed by atoms with van der Waals surface area (Å²) >= 11 is 1.42. The van der Waals surface area contributed by atoms with E-state index in [9.17, 15) is 10.4 Å². The lowest BCUT2D eigenvalue weighted by atomic mass is 10.5. The van der Waals surface area contributed by atoms with Gasteiger partial charge in [-0.15, -0.1) is 0 Å². The molecule has 0 aliphatic rings. The van der Waals surface area contributed by atoms with Gasteiger partial charge in [-0.25, -0.2) is 3.17 Å². The molecule has 0 N–H and O–H groups in total. The van der Waals surface area contributed by atoms with Gasteiger partial charge in [-0.2, -0.15) is 0 Å². The predicted octanol–water partition coefficient (Wildman–Crippen LogP) is 1.36. The topological polar surface area (TPSA) is 61.8 Å². The standard InChI is InChI=1S/C4H7IN2O3/c1-4(6(2)8)3-7(9)10-5/h3H,1-2H3/q-2/b4-3-. The molecule has 0 rings (SSSR count). The molecule has 0 saturated carbocycles. The van der Waals surface area contributed by atoms with E-state index in [0.29, 0.717) is 5.06 Å². The molecule has 5 nitrogen and oxygen atoms in total. The molecule has 10 heavy (non-hydrogen) atoms. The Morgan fingerprint density at radius 1 is 1.60 bits per heavy atom. The van der Waals surface area contributed by atoms with Crippen LogP contribution in [-0.4, -0.2) is 17.3 Å². The third-order valence-electron chi connectivity index (χ3n) is 0.857. The van der Waals surface area contributed by atoms with Crippen LogP contribution in [-0.2, 0) is 3.17 Å². The fourth-order valence-corrected chi connectivity index (χ4v) is 0.367. The van der Waals surface area contributed by atoms with E-state index in [1.54, 1.807) is 0 Å². The van der Waals surface area contributed by atoms with E-state index in [-0.39, 0.29) is 10.9 Å². The molecule has 60 valence electrons. The second-order valence-corrected chi connectivity index (χ2v) is 2.02. The Morgan fingerprint density at radius 2 is 2.10 bits per heavy atom. The number of halogens is 1. The molecule has 0 heterocycles. The number of rotatable bonds is 3. The van der Waals surface area contributed by atoms with Gasteiger partial charge in [-0.3, -0.25) is 0 Å². The van der Waals surface area contributed by atoms with Crippen molar-refractivity contribution >= 4 is 23.0 Å². The minimum absolute atomic E-state index is 0.199. The number of hydrogen-bond donors (Lipinski definition) is 0. The summed E-state index contributed by atoms with van der Waals surface area (Å²) in [5, 5.41) is 21.6. The Bertz CT molecular complexity index is 128. The first-order chi connectivity index (χ1) is 4.57. The Morgan fingerprint density at radius 3 is 2.40 bits per heavy atom. The zero-order valence-electron chi connectivity index (χ0n) is 5.57. The molecule has 0 atom stereocenters. The molecule has 0 bridgehead atoms. The summed E-state index contributed by atoms with van der Waals surface area (Å²) in [6.45, 7) is 1.51. The van der Waals surface area contributed by atoms with Gasteiger partial charge in [0.15, 0.2) is 0 Å². The summed E-state index contributed by atoms with van der Waals surface area (Å²) in [4.78, 5) is 0. The minimum Gasteiger partial charge on any atom is -0.759 e. The lowest BCUT2D eigenvalue weighted by molar-refractivity contribution is 0.110. The molecule has 0 aliphatic carbocycles. The molecule has 0 aromatic rings. The maximum Gasteiger partial charge on any atom is 0.144 e. The van der Waals surface area contributed by atoms with E-state index in [0.717, 1.165) is 6.20 Å². The average molecular weight is 258 g/mol. The van der Waals surface area contributed by atoms with Crippen LogP contribution in [0.3, 0.4) is 0 Å². The molecule has 0 unspecified atom stereocenters. The van der Waals surface area contributed by atoms with Crippen molar-refractivity contribution in [2.24, 2.45) is 0 Å². The van der Waals surface area contributed by atoms with Gasteiger partial charge in [-0.1, -0.05) is 0 Å². The van der Waals surface area contributed by atoms with Crippen molar-refractivity contribution in [3.8, 4) is 0 Å². The number of hydrogen-bond acceptors (Lipinski definition) is 5. The molecule has 0 saturated heterocycles. The summed E-state index contributed by atoms with van der Waals surface area (Å²) in [5.74, 6) is 0. The molecule has 0 amide bonds. The number of allylic oxidation sites excluding steroid dienone is 1. The number of hydroxylamine groups is 4. The van der Waals surface area contributed by atoms with Crippen LogP contribution >= 0.6 is 23.0 Å². The molecular formula is C4H7IN2O3-2. The van der Waals surface area contributed by atoms with Crippen LogP contribution < -0.4 is 0 Å². The van der Waals surface area contributed by atoms with E-state index >= 15 is 0 Å². The fraction of sp³-hybridized carbons (Fsp3) is 0.500. The lowest BCUT2D eigenvalue weighted by Crippen LogP contribution is -2.10. The van der Waals surface area contributed by atoms with Crippen molar-refractivity contribution in [2.45, 2.75) is 6.92 Å². The van der Waals surface area contributed by atoms with Crippen molar-refractivity contribution in [1.82, 2.24) is 10.3 Å². The Labute approximate surface area is 73.0 Å². The molecule has 6 heteroatoms. The molecular weight excluding hydrogens is 251 g/mol. The highest BCUT2D eigenvalue weighted by atomic mass is 127. The maximum absolute atomic E-state index is 10.4. The second-order valence-electron chi connectivity index (χ2n) is 1.62. The molecule has 0 aromatic carbocycles. The first-order valence-corrected chi connectivity index (χ1v) is 3.30. The van der Waals surface area contributed by atoms with Gasteiger partial charge in [0, 0.05) is 11.9 Å². The Balaban J connectivity index is 3.89. The first-order valence-electron chi connectivity index (χ1n) is 2.42. The maximum atomic E-state index is 10.4. The average Bonchev–Trinajstić information content (AvgIpc) is 1.87. The van der Waals surface area contributed by atoms with Gasteiger partial charge < -0.3 is 20.7 Å². The van der Waals surface area contributed by atoms with Crippen molar-refractivity contribution in [3.05, 3.63) is 22.3 Å². The third kappa shape index (κ3) is 3.88. The van der Waals surface area contributed by atoms with Crippen LogP contribution in [0.4, 0.5) is 0 Å². The summed E-state index contributed by atoms with van der Waals surface area (Å²) in [7, 11) is 1.30. The van der Waals surface area contributed by atoms with E-state index in [4.69, 9.17) is 0 Å². The molecule has 0 aromatic heterocycles. The van der Waals surface area contributed by atoms with E-state index in [1.807, 2.05) is 0 Å². The zero-order chi connectivity index (χ0) is 8.15. The fourth-order valence-electron chi connectivity index (χ4n) is 0.254. The minimum atomic E-state index is 0.199. The van der Waals surface area contributed by atoms with Gasteiger partial charge in [0.1, 0.15) is 23.0 Å². The highest BCUT2D eigenvalue weighted by Gasteiger charge is 1.85. The monoisotopic (exact) mass is 258 g/mol. The van der Waals surface area contributed by atoms with Gasteiger partial charge in [0.25, 0.3) is 0 Å². The lowest BCUT2D eigenvalue weighted by Gasteiger charge is -2.29. The molecule has 0 aliphatic heterocycles. The first kappa shape index (κ1) is 9.95. The van der Waals surface area contributed by atoms with Crippen molar-refractivity contribution < 1.29 is 3.17 Å². The predicted molar refractivity (Wildman–Crippen MR) is 45.2 cm³/mol. The van der Waals surface area contributed by atoms with E-state index in [1.165, 1.54) is 37.0 Å². The Hall–Kier alpha value is -0.0500. The van der Waals surface area contributed by atoms with Gasteiger partial charge in [0.05, 0.1) is 0 Å². The highest BCUT2D eigenvalue weighted by Crippen LogP contribution is 2.02. The van der Waals surface area contributed by atoms with Crippen LogP contribution in [0.2, 0.25) is 0 Å². The third-order valence-corrected chi connectivity index (χ3v) is 1.25. The smallest absolute Gasteiger partial charge is 0.144 e. The van der Waals surface area contributed by atoms with Crippen molar-refractivity contribution in [1.29, 1.82) is 0 Å². The SMILES string of the molecule is C/C(=C/N([O-])OI)N(C)[O-]. The largest absolute Gasteiger partial charge is 0.759 e. The quantitative estimate of drug-likeness (QED) is 0.565.